The van der Waals surface area contributed by atoms with Crippen molar-refractivity contribution >= 4 is 0 Å². The molecule has 1 N–H and O–H groups in total. The molecule has 2 rings (SSSR count). The summed E-state index contributed by atoms with van der Waals surface area (Å²) < 4.78 is 0. The Bertz CT molecular complexity index is 283. The van der Waals surface area contributed by atoms with E-state index in [1.165, 1.54) is 24.0 Å². The van der Waals surface area contributed by atoms with Gasteiger partial charge in [0.1, 0.15) is 0 Å². The molecule has 76 valence electrons. The molecule has 0 aliphatic heterocycles. The first-order valence-electron chi connectivity index (χ1n) is 5.59. The monoisotopic (exact) mass is 189 g/mol. The molecule has 0 saturated heterocycles. The second-order valence-corrected chi connectivity index (χ2v) is 4.33. The lowest BCUT2D eigenvalue weighted by atomic mass is 9.76. The first kappa shape index (κ1) is 9.72. The molecule has 0 radical (unpaired) electrons. The molecule has 0 bridgehead atoms. The van der Waals surface area contributed by atoms with Crippen LogP contribution in [-0.2, 0) is 0 Å². The average Bonchev–Trinajstić information content (AvgIpc) is 2.13. The minimum Gasteiger partial charge on any atom is -0.314 e. The molecule has 1 nitrogen and oxygen atoms in total. The summed E-state index contributed by atoms with van der Waals surface area (Å²) in [4.78, 5) is 0. The minimum atomic E-state index is 0.770. The molecule has 0 spiro atoms. The van der Waals surface area contributed by atoms with E-state index in [0.717, 1.165) is 18.5 Å². The van der Waals surface area contributed by atoms with Crippen molar-refractivity contribution in [1.29, 1.82) is 0 Å². The molecule has 1 fully saturated rings. The van der Waals surface area contributed by atoms with E-state index in [0.29, 0.717) is 0 Å². The first-order chi connectivity index (χ1) is 6.79. The average molecular weight is 189 g/mol. The summed E-state index contributed by atoms with van der Waals surface area (Å²) in [5.41, 5.74) is 2.88. The van der Waals surface area contributed by atoms with Crippen LogP contribution < -0.4 is 5.32 Å². The smallest absolute Gasteiger partial charge is 0.00786 e. The van der Waals surface area contributed by atoms with E-state index in [-0.39, 0.29) is 0 Å². The van der Waals surface area contributed by atoms with E-state index >= 15 is 0 Å². The highest BCUT2D eigenvalue weighted by atomic mass is 14.9. The predicted octanol–water partition coefficient (Wildman–Crippen LogP) is 2.85. The van der Waals surface area contributed by atoms with Gasteiger partial charge < -0.3 is 5.32 Å². The first-order valence-corrected chi connectivity index (χ1v) is 5.59. The van der Waals surface area contributed by atoms with Crippen molar-refractivity contribution in [3.8, 4) is 0 Å². The van der Waals surface area contributed by atoms with Gasteiger partial charge in [-0.3, -0.25) is 0 Å². The standard InChI is InChI=1S/C13H19N/c1-3-14-13-8-12(9-13)11-6-4-10(2)5-7-11/h4-7,12-14H,3,8-9H2,1-2H3. The Labute approximate surface area is 86.5 Å². The quantitative estimate of drug-likeness (QED) is 0.771. The van der Waals surface area contributed by atoms with Crippen LogP contribution in [-0.4, -0.2) is 12.6 Å². The van der Waals surface area contributed by atoms with Crippen LogP contribution in [0, 0.1) is 6.92 Å². The van der Waals surface area contributed by atoms with E-state index in [1.54, 1.807) is 0 Å². The third kappa shape index (κ3) is 1.98. The van der Waals surface area contributed by atoms with Crippen molar-refractivity contribution in [2.75, 3.05) is 6.54 Å². The topological polar surface area (TPSA) is 12.0 Å². The Morgan fingerprint density at radius 2 is 1.86 bits per heavy atom. The van der Waals surface area contributed by atoms with Crippen LogP contribution in [0.4, 0.5) is 0 Å². The fraction of sp³-hybridized carbons (Fsp3) is 0.538. The molecule has 0 atom stereocenters. The number of hydrogen-bond acceptors (Lipinski definition) is 1. The molecule has 1 aromatic carbocycles. The molecule has 1 saturated carbocycles. The van der Waals surface area contributed by atoms with Gasteiger partial charge in [0.15, 0.2) is 0 Å². The van der Waals surface area contributed by atoms with Crippen LogP contribution in [0.3, 0.4) is 0 Å². The molecule has 1 aliphatic rings. The summed E-state index contributed by atoms with van der Waals surface area (Å²) in [5, 5.41) is 3.49. The highest BCUT2D eigenvalue weighted by Gasteiger charge is 2.28. The van der Waals surface area contributed by atoms with Crippen molar-refractivity contribution in [2.45, 2.75) is 38.6 Å². The van der Waals surface area contributed by atoms with Gasteiger partial charge in [-0.15, -0.1) is 0 Å². The molecule has 1 heteroatoms. The maximum Gasteiger partial charge on any atom is 0.00786 e. The van der Waals surface area contributed by atoms with Crippen LogP contribution in [0.15, 0.2) is 24.3 Å². The lowest BCUT2D eigenvalue weighted by Gasteiger charge is -2.36. The summed E-state index contributed by atoms with van der Waals surface area (Å²) in [6.07, 6.45) is 2.63. The van der Waals surface area contributed by atoms with Gasteiger partial charge in [-0.05, 0) is 37.8 Å². The zero-order chi connectivity index (χ0) is 9.97. The van der Waals surface area contributed by atoms with Crippen LogP contribution in [0.1, 0.15) is 36.8 Å². The van der Waals surface area contributed by atoms with Gasteiger partial charge in [0.2, 0.25) is 0 Å². The Morgan fingerprint density at radius 3 is 2.43 bits per heavy atom. The van der Waals surface area contributed by atoms with Gasteiger partial charge in [0.05, 0.1) is 0 Å². The highest BCUT2D eigenvalue weighted by molar-refractivity contribution is 5.26. The molecule has 1 aromatic rings. The fourth-order valence-corrected chi connectivity index (χ4v) is 2.18. The molecule has 14 heavy (non-hydrogen) atoms. The van der Waals surface area contributed by atoms with E-state index in [1.807, 2.05) is 0 Å². The van der Waals surface area contributed by atoms with Gasteiger partial charge in [0, 0.05) is 6.04 Å². The summed E-state index contributed by atoms with van der Waals surface area (Å²) in [7, 11) is 0. The van der Waals surface area contributed by atoms with Gasteiger partial charge in [0.25, 0.3) is 0 Å². The Balaban J connectivity index is 1.90. The normalized spacial score (nSPS) is 25.9. The summed E-state index contributed by atoms with van der Waals surface area (Å²) in [6, 6.07) is 9.77. The third-order valence-corrected chi connectivity index (χ3v) is 3.18. The second-order valence-electron chi connectivity index (χ2n) is 4.33. The Morgan fingerprint density at radius 1 is 1.21 bits per heavy atom. The largest absolute Gasteiger partial charge is 0.314 e. The molecule has 0 unspecified atom stereocenters. The van der Waals surface area contributed by atoms with Gasteiger partial charge in [-0.1, -0.05) is 36.8 Å². The fourth-order valence-electron chi connectivity index (χ4n) is 2.18. The lowest BCUT2D eigenvalue weighted by Crippen LogP contribution is -2.39. The zero-order valence-electron chi connectivity index (χ0n) is 9.09. The van der Waals surface area contributed by atoms with Crippen molar-refractivity contribution in [3.05, 3.63) is 35.4 Å². The number of rotatable bonds is 3. The number of hydrogen-bond donors (Lipinski definition) is 1. The SMILES string of the molecule is CCNC1CC(c2ccc(C)cc2)C1. The Kier molecular flexibility index (Phi) is 2.87. The highest BCUT2D eigenvalue weighted by Crippen LogP contribution is 2.36. The third-order valence-electron chi connectivity index (χ3n) is 3.18. The number of aryl methyl sites for hydroxylation is 1. The lowest BCUT2D eigenvalue weighted by molar-refractivity contribution is 0.296. The molecular formula is C13H19N. The van der Waals surface area contributed by atoms with Crippen molar-refractivity contribution in [3.63, 3.8) is 0 Å². The molecular weight excluding hydrogens is 170 g/mol. The van der Waals surface area contributed by atoms with Crippen molar-refractivity contribution in [1.82, 2.24) is 5.32 Å². The molecule has 0 aromatic heterocycles. The minimum absolute atomic E-state index is 0.770. The van der Waals surface area contributed by atoms with E-state index in [9.17, 15) is 0 Å². The van der Waals surface area contributed by atoms with E-state index in [2.05, 4.69) is 43.4 Å². The summed E-state index contributed by atoms with van der Waals surface area (Å²) in [5.74, 6) is 0.805. The maximum atomic E-state index is 3.49. The summed E-state index contributed by atoms with van der Waals surface area (Å²) in [6.45, 7) is 5.43. The van der Waals surface area contributed by atoms with Crippen molar-refractivity contribution in [2.24, 2.45) is 0 Å². The molecule has 0 heterocycles. The summed E-state index contributed by atoms with van der Waals surface area (Å²) >= 11 is 0. The number of nitrogens with one attached hydrogen (secondary N) is 1. The van der Waals surface area contributed by atoms with Gasteiger partial charge in [-0.25, -0.2) is 0 Å². The number of benzene rings is 1. The van der Waals surface area contributed by atoms with Crippen LogP contribution in [0.25, 0.3) is 0 Å². The van der Waals surface area contributed by atoms with Crippen LogP contribution in [0.2, 0.25) is 0 Å². The maximum absolute atomic E-state index is 3.49. The van der Waals surface area contributed by atoms with E-state index < -0.39 is 0 Å². The molecule has 1 aliphatic carbocycles. The van der Waals surface area contributed by atoms with Crippen LogP contribution >= 0.6 is 0 Å². The zero-order valence-corrected chi connectivity index (χ0v) is 9.09. The van der Waals surface area contributed by atoms with Crippen molar-refractivity contribution < 1.29 is 0 Å². The van der Waals surface area contributed by atoms with Gasteiger partial charge >= 0.3 is 0 Å². The van der Waals surface area contributed by atoms with E-state index in [4.69, 9.17) is 0 Å². The Hall–Kier alpha value is -0.820. The van der Waals surface area contributed by atoms with Crippen LogP contribution in [0.5, 0.6) is 0 Å². The second kappa shape index (κ2) is 4.14. The predicted molar refractivity (Wildman–Crippen MR) is 60.6 cm³/mol. The molecule has 0 amide bonds. The van der Waals surface area contributed by atoms with Gasteiger partial charge in [-0.2, -0.15) is 0 Å².